The number of benzene rings is 1. The predicted molar refractivity (Wildman–Crippen MR) is 75.4 cm³/mol. The van der Waals surface area contributed by atoms with Gasteiger partial charge in [-0.05, 0) is 25.1 Å². The van der Waals surface area contributed by atoms with Crippen molar-refractivity contribution >= 4 is 33.6 Å². The molecule has 2 aliphatic heterocycles. The molecular weight excluding hydrogens is 263 g/mol. The number of fused-ring (bicyclic) bond motifs is 2. The van der Waals surface area contributed by atoms with E-state index in [1.807, 2.05) is 6.92 Å². The lowest BCUT2D eigenvalue weighted by Gasteiger charge is -2.17. The average Bonchev–Trinajstić information content (AvgIpc) is 3.02. The highest BCUT2D eigenvalue weighted by Gasteiger charge is 2.32. The number of halogens is 1. The number of amidine groups is 1. The normalized spacial score (nSPS) is 18.4. The summed E-state index contributed by atoms with van der Waals surface area (Å²) in [7, 11) is 0. The van der Waals surface area contributed by atoms with Crippen molar-refractivity contribution in [3.63, 3.8) is 0 Å². The van der Waals surface area contributed by atoms with Gasteiger partial charge < -0.3 is 9.32 Å². The maximum atomic E-state index is 13.8. The Morgan fingerprint density at radius 1 is 1.42 bits per heavy atom. The summed E-state index contributed by atoms with van der Waals surface area (Å²) in [5, 5.41) is 1.81. The summed E-state index contributed by atoms with van der Waals surface area (Å²) >= 11 is 1.65. The first-order valence-corrected chi connectivity index (χ1v) is 6.93. The zero-order chi connectivity index (χ0) is 13.0. The van der Waals surface area contributed by atoms with E-state index in [-0.39, 0.29) is 5.82 Å². The number of furan rings is 1. The van der Waals surface area contributed by atoms with Gasteiger partial charge in [0.25, 0.3) is 0 Å². The van der Waals surface area contributed by atoms with Gasteiger partial charge in [0.2, 0.25) is 0 Å². The second kappa shape index (κ2) is 3.87. The van der Waals surface area contributed by atoms with Crippen molar-refractivity contribution in [1.29, 1.82) is 0 Å². The number of hydrogen-bond acceptors (Lipinski definition) is 4. The molecule has 2 aliphatic rings. The van der Waals surface area contributed by atoms with Gasteiger partial charge in [0.15, 0.2) is 5.17 Å². The van der Waals surface area contributed by atoms with E-state index in [1.54, 1.807) is 30.2 Å². The molecule has 0 aliphatic carbocycles. The topological polar surface area (TPSA) is 28.7 Å². The third kappa shape index (κ3) is 1.54. The quantitative estimate of drug-likeness (QED) is 0.794. The first-order valence-electron chi connectivity index (χ1n) is 6.12. The van der Waals surface area contributed by atoms with Crippen LogP contribution in [-0.2, 0) is 0 Å². The van der Waals surface area contributed by atoms with E-state index in [4.69, 9.17) is 4.42 Å². The number of aliphatic imine (C=N–C) groups is 1. The molecule has 1 aromatic heterocycles. The lowest BCUT2D eigenvalue weighted by Crippen LogP contribution is -2.20. The van der Waals surface area contributed by atoms with E-state index < -0.39 is 0 Å². The highest BCUT2D eigenvalue weighted by atomic mass is 32.2. The molecule has 0 saturated carbocycles. The first kappa shape index (κ1) is 11.1. The summed E-state index contributed by atoms with van der Waals surface area (Å²) in [6.45, 7) is 3.70. The molecule has 0 fully saturated rings. The van der Waals surface area contributed by atoms with E-state index in [2.05, 4.69) is 9.89 Å². The van der Waals surface area contributed by atoms with Crippen LogP contribution in [0.5, 0.6) is 0 Å². The van der Waals surface area contributed by atoms with E-state index in [0.717, 1.165) is 45.4 Å². The molecule has 0 atom stereocenters. The van der Waals surface area contributed by atoms with Gasteiger partial charge >= 0.3 is 0 Å². The Morgan fingerprint density at radius 3 is 3.21 bits per heavy atom. The van der Waals surface area contributed by atoms with Crippen LogP contribution in [0.4, 0.5) is 4.39 Å². The largest absolute Gasteiger partial charge is 0.464 e. The van der Waals surface area contributed by atoms with E-state index in [9.17, 15) is 4.39 Å². The van der Waals surface area contributed by atoms with Gasteiger partial charge in [0, 0.05) is 22.4 Å². The summed E-state index contributed by atoms with van der Waals surface area (Å²) in [6, 6.07) is 4.84. The molecule has 0 radical (unpaired) electrons. The van der Waals surface area contributed by atoms with Crippen LogP contribution < -0.4 is 0 Å². The summed E-state index contributed by atoms with van der Waals surface area (Å²) < 4.78 is 19.3. The zero-order valence-electron chi connectivity index (χ0n) is 10.3. The third-order valence-corrected chi connectivity index (χ3v) is 4.45. The lowest BCUT2D eigenvalue weighted by molar-refractivity contribution is 0.600. The van der Waals surface area contributed by atoms with Gasteiger partial charge in [-0.15, -0.1) is 0 Å². The Balaban J connectivity index is 1.97. The number of rotatable bonds is 1. The summed E-state index contributed by atoms with van der Waals surface area (Å²) in [6.07, 6.45) is 1.60. The maximum Gasteiger partial charge on any atom is 0.168 e. The molecule has 3 heterocycles. The SMILES string of the molecule is CC1=C(c2cc(F)cc3ccoc23)N2CCN=C2S1. The van der Waals surface area contributed by atoms with Gasteiger partial charge in [-0.1, -0.05) is 11.8 Å². The molecule has 0 N–H and O–H groups in total. The van der Waals surface area contributed by atoms with Crippen LogP contribution in [0.15, 0.2) is 38.8 Å². The minimum atomic E-state index is -0.237. The van der Waals surface area contributed by atoms with Crippen molar-refractivity contribution in [2.24, 2.45) is 4.99 Å². The molecule has 5 heteroatoms. The highest BCUT2D eigenvalue weighted by Crippen LogP contribution is 2.43. The summed E-state index contributed by atoms with van der Waals surface area (Å²) in [5.74, 6) is -0.237. The van der Waals surface area contributed by atoms with Gasteiger partial charge in [-0.25, -0.2) is 4.39 Å². The van der Waals surface area contributed by atoms with E-state index >= 15 is 0 Å². The second-order valence-electron chi connectivity index (χ2n) is 4.62. The second-order valence-corrected chi connectivity index (χ2v) is 5.80. The van der Waals surface area contributed by atoms with Crippen molar-refractivity contribution in [3.8, 4) is 0 Å². The van der Waals surface area contributed by atoms with E-state index in [1.165, 1.54) is 6.07 Å². The standard InChI is InChI=1S/C14H11FN2OS/c1-8-12(17-4-3-16-14(17)19-8)11-7-10(15)6-9-2-5-18-13(9)11/h2,5-7H,3-4H2,1H3. The van der Waals surface area contributed by atoms with Gasteiger partial charge in [0.1, 0.15) is 11.4 Å². The van der Waals surface area contributed by atoms with Crippen LogP contribution in [0.1, 0.15) is 12.5 Å². The summed E-state index contributed by atoms with van der Waals surface area (Å²) in [5.41, 5.74) is 2.59. The molecule has 19 heavy (non-hydrogen) atoms. The number of allylic oxidation sites excluding steroid dienone is 1. The Labute approximate surface area is 113 Å². The highest BCUT2D eigenvalue weighted by molar-refractivity contribution is 8.17. The number of nitrogens with zero attached hydrogens (tertiary/aromatic N) is 2. The van der Waals surface area contributed by atoms with Crippen molar-refractivity contribution in [1.82, 2.24) is 4.90 Å². The Morgan fingerprint density at radius 2 is 2.32 bits per heavy atom. The first-order chi connectivity index (χ1) is 9.24. The predicted octanol–water partition coefficient (Wildman–Crippen LogP) is 3.68. The van der Waals surface area contributed by atoms with Crippen molar-refractivity contribution in [2.45, 2.75) is 6.92 Å². The molecule has 0 spiro atoms. The van der Waals surface area contributed by atoms with Crippen LogP contribution >= 0.6 is 11.8 Å². The van der Waals surface area contributed by atoms with Crippen molar-refractivity contribution < 1.29 is 8.81 Å². The average molecular weight is 274 g/mol. The molecule has 4 rings (SSSR count). The fraction of sp³-hybridized carbons (Fsp3) is 0.214. The van der Waals surface area contributed by atoms with Gasteiger partial charge in [-0.3, -0.25) is 4.99 Å². The van der Waals surface area contributed by atoms with Crippen LogP contribution in [0, 0.1) is 5.82 Å². The molecule has 0 bridgehead atoms. The number of thioether (sulfide) groups is 1. The molecule has 0 amide bonds. The van der Waals surface area contributed by atoms with Crippen molar-refractivity contribution in [2.75, 3.05) is 13.1 Å². The van der Waals surface area contributed by atoms with Crippen LogP contribution in [0.25, 0.3) is 16.7 Å². The summed E-state index contributed by atoms with van der Waals surface area (Å²) in [4.78, 5) is 7.74. The minimum Gasteiger partial charge on any atom is -0.464 e. The Bertz CT molecular complexity index is 747. The lowest BCUT2D eigenvalue weighted by atomic mass is 10.1. The molecule has 1 aromatic carbocycles. The number of hydrogen-bond donors (Lipinski definition) is 0. The Kier molecular flexibility index (Phi) is 2.26. The molecule has 96 valence electrons. The van der Waals surface area contributed by atoms with Crippen LogP contribution in [0.2, 0.25) is 0 Å². The monoisotopic (exact) mass is 274 g/mol. The molecule has 0 saturated heterocycles. The maximum absolute atomic E-state index is 13.8. The van der Waals surface area contributed by atoms with Crippen LogP contribution in [0.3, 0.4) is 0 Å². The molecule has 2 aromatic rings. The minimum absolute atomic E-state index is 0.237. The third-order valence-electron chi connectivity index (χ3n) is 3.42. The zero-order valence-corrected chi connectivity index (χ0v) is 11.1. The van der Waals surface area contributed by atoms with Gasteiger partial charge in [-0.2, -0.15) is 0 Å². The van der Waals surface area contributed by atoms with Crippen molar-refractivity contribution in [3.05, 3.63) is 40.7 Å². The fourth-order valence-electron chi connectivity index (χ4n) is 2.65. The molecule has 3 nitrogen and oxygen atoms in total. The molecular formula is C14H11FN2OS. The molecule has 0 unspecified atom stereocenters. The Hall–Kier alpha value is -1.75. The van der Waals surface area contributed by atoms with Gasteiger partial charge in [0.05, 0.1) is 18.5 Å². The van der Waals surface area contributed by atoms with E-state index in [0.29, 0.717) is 0 Å². The smallest absolute Gasteiger partial charge is 0.168 e. The van der Waals surface area contributed by atoms with Crippen LogP contribution in [-0.4, -0.2) is 23.2 Å². The fourth-order valence-corrected chi connectivity index (χ4v) is 3.69.